The Kier molecular flexibility index (Phi) is 3.96. The van der Waals surface area contributed by atoms with Crippen LogP contribution in [0.15, 0.2) is 54.9 Å². The summed E-state index contributed by atoms with van der Waals surface area (Å²) in [5, 5.41) is 11.5. The van der Waals surface area contributed by atoms with Crippen molar-refractivity contribution in [2.45, 2.75) is 20.4 Å². The number of aromatic nitrogens is 5. The normalized spacial score (nSPS) is 11.0. The molecule has 0 aliphatic rings. The lowest BCUT2D eigenvalue weighted by Gasteiger charge is -2.08. The van der Waals surface area contributed by atoms with Crippen LogP contribution in [0.3, 0.4) is 0 Å². The van der Waals surface area contributed by atoms with Gasteiger partial charge in [0, 0.05) is 17.5 Å². The minimum Gasteiger partial charge on any atom is -0.305 e. The second kappa shape index (κ2) is 6.44. The Labute approximate surface area is 150 Å². The number of carbonyl (C=O) groups is 1. The van der Waals surface area contributed by atoms with Gasteiger partial charge in [-0.25, -0.2) is 4.98 Å². The van der Waals surface area contributed by atoms with Crippen LogP contribution >= 0.6 is 0 Å². The third kappa shape index (κ3) is 3.06. The van der Waals surface area contributed by atoms with E-state index in [4.69, 9.17) is 0 Å². The number of amides is 1. The van der Waals surface area contributed by atoms with Gasteiger partial charge in [-0.05, 0) is 49.7 Å². The number of hydrogen-bond donors (Lipinski definition) is 1. The predicted molar refractivity (Wildman–Crippen MR) is 98.2 cm³/mol. The Bertz CT molecular complexity index is 1090. The first-order valence-corrected chi connectivity index (χ1v) is 8.30. The number of fused-ring (bicyclic) bond motifs is 1. The van der Waals surface area contributed by atoms with Crippen LogP contribution in [0, 0.1) is 13.8 Å². The van der Waals surface area contributed by atoms with Gasteiger partial charge in [-0.1, -0.05) is 12.1 Å². The molecule has 0 unspecified atom stereocenters. The molecule has 4 rings (SSSR count). The molecule has 0 saturated heterocycles. The highest BCUT2D eigenvalue weighted by atomic mass is 16.1. The van der Waals surface area contributed by atoms with E-state index in [1.54, 1.807) is 29.0 Å². The monoisotopic (exact) mass is 346 g/mol. The van der Waals surface area contributed by atoms with Crippen molar-refractivity contribution in [3.8, 4) is 0 Å². The van der Waals surface area contributed by atoms with E-state index in [1.807, 2.05) is 48.9 Å². The van der Waals surface area contributed by atoms with E-state index in [2.05, 4.69) is 20.5 Å². The van der Waals surface area contributed by atoms with E-state index in [-0.39, 0.29) is 5.91 Å². The summed E-state index contributed by atoms with van der Waals surface area (Å²) in [6, 6.07) is 13.2. The minimum absolute atomic E-state index is 0.201. The van der Waals surface area contributed by atoms with Crippen LogP contribution in [-0.2, 0) is 6.54 Å². The zero-order valence-corrected chi connectivity index (χ0v) is 14.5. The number of hydrogen-bond acceptors (Lipinski definition) is 4. The van der Waals surface area contributed by atoms with Gasteiger partial charge < -0.3 is 5.32 Å². The van der Waals surface area contributed by atoms with Crippen molar-refractivity contribution >= 4 is 17.4 Å². The van der Waals surface area contributed by atoms with Crippen molar-refractivity contribution in [1.29, 1.82) is 0 Å². The summed E-state index contributed by atoms with van der Waals surface area (Å²) in [6.07, 6.45) is 3.25. The lowest BCUT2D eigenvalue weighted by atomic mass is 10.1. The first-order chi connectivity index (χ1) is 12.6. The first-order valence-electron chi connectivity index (χ1n) is 8.30. The maximum absolute atomic E-state index is 12.6. The molecular weight excluding hydrogens is 328 g/mol. The summed E-state index contributed by atoms with van der Waals surface area (Å²) < 4.78 is 3.53. The highest BCUT2D eigenvalue weighted by Gasteiger charge is 2.11. The molecule has 1 aromatic carbocycles. The Balaban J connectivity index is 1.56. The molecule has 0 aliphatic heterocycles. The first kappa shape index (κ1) is 16.0. The molecular formula is C19H18N6O. The number of rotatable bonds is 4. The molecule has 3 heterocycles. The maximum atomic E-state index is 12.6. The van der Waals surface area contributed by atoms with Crippen molar-refractivity contribution in [3.63, 3.8) is 0 Å². The lowest BCUT2D eigenvalue weighted by molar-refractivity contribution is 0.102. The van der Waals surface area contributed by atoms with E-state index >= 15 is 0 Å². The molecule has 0 radical (unpaired) electrons. The zero-order chi connectivity index (χ0) is 18.1. The van der Waals surface area contributed by atoms with Gasteiger partial charge in [-0.2, -0.15) is 14.7 Å². The summed E-state index contributed by atoms with van der Waals surface area (Å²) in [6.45, 7) is 4.61. The maximum Gasteiger partial charge on any atom is 0.256 e. The van der Waals surface area contributed by atoms with E-state index < -0.39 is 0 Å². The Hall–Kier alpha value is -3.48. The molecule has 0 atom stereocenters. The smallest absolute Gasteiger partial charge is 0.256 e. The molecule has 0 fully saturated rings. The molecule has 7 heteroatoms. The number of imidazole rings is 1. The van der Waals surface area contributed by atoms with Crippen molar-refractivity contribution < 1.29 is 4.79 Å². The molecule has 0 spiro atoms. The topological polar surface area (TPSA) is 77.1 Å². The second-order valence-corrected chi connectivity index (χ2v) is 6.18. The molecule has 0 saturated carbocycles. The molecule has 1 amide bonds. The van der Waals surface area contributed by atoms with E-state index in [0.29, 0.717) is 23.6 Å². The van der Waals surface area contributed by atoms with Gasteiger partial charge in [-0.15, -0.1) is 0 Å². The predicted octanol–water partition coefficient (Wildman–Crippen LogP) is 2.84. The number of aryl methyl sites for hydroxylation is 2. The van der Waals surface area contributed by atoms with Crippen LogP contribution in [0.2, 0.25) is 0 Å². The van der Waals surface area contributed by atoms with E-state index in [9.17, 15) is 4.79 Å². The number of nitrogens with zero attached hydrogens (tertiary/aromatic N) is 5. The summed E-state index contributed by atoms with van der Waals surface area (Å²) in [4.78, 5) is 16.9. The average molecular weight is 346 g/mol. The van der Waals surface area contributed by atoms with Crippen LogP contribution in [0.5, 0.6) is 0 Å². The molecule has 4 aromatic rings. The Morgan fingerprint density at radius 1 is 1.15 bits per heavy atom. The van der Waals surface area contributed by atoms with Crippen LogP contribution in [0.1, 0.15) is 27.3 Å². The fraction of sp³-hybridized carbons (Fsp3) is 0.158. The summed E-state index contributed by atoms with van der Waals surface area (Å²) in [7, 11) is 0. The highest BCUT2D eigenvalue weighted by molar-refractivity contribution is 6.04. The SMILES string of the molecule is Cc1cc(C)n(Cc2cccc(C(=O)Nc3cnc4cccnn34)c2)n1. The molecule has 3 aromatic heterocycles. The van der Waals surface area contributed by atoms with Gasteiger partial charge in [0.15, 0.2) is 11.5 Å². The van der Waals surface area contributed by atoms with Gasteiger partial charge in [0.25, 0.3) is 5.91 Å². The Morgan fingerprint density at radius 2 is 2.04 bits per heavy atom. The quantitative estimate of drug-likeness (QED) is 0.616. The fourth-order valence-electron chi connectivity index (χ4n) is 2.92. The average Bonchev–Trinajstić information content (AvgIpc) is 3.18. The van der Waals surface area contributed by atoms with Gasteiger partial charge in [-0.3, -0.25) is 9.48 Å². The third-order valence-electron chi connectivity index (χ3n) is 4.14. The zero-order valence-electron chi connectivity index (χ0n) is 14.5. The van der Waals surface area contributed by atoms with E-state index in [1.165, 1.54) is 0 Å². The minimum atomic E-state index is -0.201. The lowest BCUT2D eigenvalue weighted by Crippen LogP contribution is -2.14. The molecule has 130 valence electrons. The van der Waals surface area contributed by atoms with Crippen molar-refractivity contribution in [3.05, 3.63) is 77.4 Å². The molecule has 1 N–H and O–H groups in total. The molecule has 0 bridgehead atoms. The van der Waals surface area contributed by atoms with Crippen LogP contribution in [0.4, 0.5) is 5.82 Å². The number of nitrogens with one attached hydrogen (secondary N) is 1. The van der Waals surface area contributed by atoms with Crippen molar-refractivity contribution in [2.75, 3.05) is 5.32 Å². The van der Waals surface area contributed by atoms with Crippen LogP contribution in [-0.4, -0.2) is 30.3 Å². The number of carbonyl (C=O) groups excluding carboxylic acids is 1. The molecule has 7 nitrogen and oxygen atoms in total. The second-order valence-electron chi connectivity index (χ2n) is 6.18. The summed E-state index contributed by atoms with van der Waals surface area (Å²) >= 11 is 0. The van der Waals surface area contributed by atoms with E-state index in [0.717, 1.165) is 17.0 Å². The van der Waals surface area contributed by atoms with Crippen LogP contribution in [0.25, 0.3) is 5.65 Å². The fourth-order valence-corrected chi connectivity index (χ4v) is 2.92. The van der Waals surface area contributed by atoms with Gasteiger partial charge in [0.05, 0.1) is 18.4 Å². The summed E-state index contributed by atoms with van der Waals surface area (Å²) in [5.74, 6) is 0.335. The summed E-state index contributed by atoms with van der Waals surface area (Å²) in [5.41, 5.74) is 4.35. The largest absolute Gasteiger partial charge is 0.305 e. The third-order valence-corrected chi connectivity index (χ3v) is 4.14. The van der Waals surface area contributed by atoms with Gasteiger partial charge in [0.1, 0.15) is 0 Å². The highest BCUT2D eigenvalue weighted by Crippen LogP contribution is 2.13. The Morgan fingerprint density at radius 3 is 2.85 bits per heavy atom. The van der Waals surface area contributed by atoms with Gasteiger partial charge in [0.2, 0.25) is 0 Å². The van der Waals surface area contributed by atoms with Crippen molar-refractivity contribution in [1.82, 2.24) is 24.4 Å². The number of benzene rings is 1. The van der Waals surface area contributed by atoms with Crippen LogP contribution < -0.4 is 5.32 Å². The van der Waals surface area contributed by atoms with Gasteiger partial charge >= 0.3 is 0 Å². The number of anilines is 1. The molecule has 0 aliphatic carbocycles. The molecule has 26 heavy (non-hydrogen) atoms. The standard InChI is InChI=1S/C19H18N6O/c1-13-9-14(2)24(23-13)12-15-5-3-6-16(10-15)19(26)22-18-11-20-17-7-4-8-21-25(17)18/h3-11H,12H2,1-2H3,(H,22,26). The van der Waals surface area contributed by atoms with Crippen molar-refractivity contribution in [2.24, 2.45) is 0 Å².